The van der Waals surface area contributed by atoms with Crippen molar-refractivity contribution in [3.63, 3.8) is 0 Å². The summed E-state index contributed by atoms with van der Waals surface area (Å²) < 4.78 is 12.8. The van der Waals surface area contributed by atoms with Crippen molar-refractivity contribution in [2.75, 3.05) is 14.1 Å². The molecule has 0 aliphatic heterocycles. The van der Waals surface area contributed by atoms with Crippen LogP contribution >= 0.6 is 0 Å². The molecule has 0 aliphatic carbocycles. The molecule has 18 heavy (non-hydrogen) atoms. The van der Waals surface area contributed by atoms with Gasteiger partial charge in [-0.2, -0.15) is 0 Å². The summed E-state index contributed by atoms with van der Waals surface area (Å²) in [6.45, 7) is 4.19. The number of halogens is 1. The van der Waals surface area contributed by atoms with E-state index in [0.29, 0.717) is 6.42 Å². The van der Waals surface area contributed by atoms with Crippen LogP contribution in [0.1, 0.15) is 32.3 Å². The highest BCUT2D eigenvalue weighted by atomic mass is 19.1. The Balaban J connectivity index is 2.85. The summed E-state index contributed by atoms with van der Waals surface area (Å²) >= 11 is 0. The zero-order chi connectivity index (χ0) is 13.8. The number of hydrogen-bond donors (Lipinski definition) is 1. The molecule has 0 spiro atoms. The Morgan fingerprint density at radius 3 is 2.06 bits per heavy atom. The largest absolute Gasteiger partial charge is 0.391 e. The molecule has 1 aromatic rings. The van der Waals surface area contributed by atoms with Crippen LogP contribution in [-0.2, 0) is 6.42 Å². The van der Waals surface area contributed by atoms with Crippen LogP contribution < -0.4 is 0 Å². The third kappa shape index (κ3) is 3.09. The monoisotopic (exact) mass is 253 g/mol. The number of benzene rings is 1. The fourth-order valence-corrected chi connectivity index (χ4v) is 2.69. The Morgan fingerprint density at radius 1 is 1.17 bits per heavy atom. The van der Waals surface area contributed by atoms with E-state index in [1.54, 1.807) is 12.1 Å². The van der Waals surface area contributed by atoms with Crippen molar-refractivity contribution >= 4 is 0 Å². The van der Waals surface area contributed by atoms with Gasteiger partial charge >= 0.3 is 0 Å². The summed E-state index contributed by atoms with van der Waals surface area (Å²) in [5.41, 5.74) is 0.756. The van der Waals surface area contributed by atoms with E-state index in [4.69, 9.17) is 0 Å². The molecule has 102 valence electrons. The quantitative estimate of drug-likeness (QED) is 0.842. The number of hydrogen-bond acceptors (Lipinski definition) is 2. The van der Waals surface area contributed by atoms with Gasteiger partial charge in [0.05, 0.1) is 6.10 Å². The first-order valence-corrected chi connectivity index (χ1v) is 6.56. The SMILES string of the molecule is CCC(CC)(C(O)Cc1ccc(F)cc1)N(C)C. The molecular weight excluding hydrogens is 229 g/mol. The highest BCUT2D eigenvalue weighted by molar-refractivity contribution is 5.18. The van der Waals surface area contributed by atoms with Gasteiger partial charge in [-0.25, -0.2) is 4.39 Å². The highest BCUT2D eigenvalue weighted by Crippen LogP contribution is 2.28. The highest BCUT2D eigenvalue weighted by Gasteiger charge is 2.36. The van der Waals surface area contributed by atoms with Gasteiger partial charge in [-0.1, -0.05) is 26.0 Å². The molecule has 0 fully saturated rings. The van der Waals surface area contributed by atoms with Crippen molar-refractivity contribution in [1.82, 2.24) is 4.90 Å². The van der Waals surface area contributed by atoms with Gasteiger partial charge < -0.3 is 10.0 Å². The van der Waals surface area contributed by atoms with Crippen molar-refractivity contribution in [2.24, 2.45) is 0 Å². The Kier molecular flexibility index (Phi) is 5.29. The van der Waals surface area contributed by atoms with Crippen molar-refractivity contribution in [1.29, 1.82) is 0 Å². The lowest BCUT2D eigenvalue weighted by Crippen LogP contribution is -2.53. The molecule has 0 heterocycles. The second kappa shape index (κ2) is 6.30. The van der Waals surface area contributed by atoms with E-state index >= 15 is 0 Å². The van der Waals surface area contributed by atoms with E-state index < -0.39 is 6.10 Å². The van der Waals surface area contributed by atoms with Crippen molar-refractivity contribution in [2.45, 2.75) is 44.8 Å². The van der Waals surface area contributed by atoms with E-state index in [2.05, 4.69) is 18.7 Å². The lowest BCUT2D eigenvalue weighted by Gasteiger charge is -2.42. The first-order valence-electron chi connectivity index (χ1n) is 6.56. The Labute approximate surface area is 109 Å². The Hall–Kier alpha value is -0.930. The molecule has 0 saturated carbocycles. The molecule has 0 bridgehead atoms. The first-order chi connectivity index (χ1) is 8.46. The lowest BCUT2D eigenvalue weighted by molar-refractivity contribution is -0.0125. The minimum absolute atomic E-state index is 0.214. The minimum atomic E-state index is -0.451. The average molecular weight is 253 g/mol. The number of nitrogens with zero attached hydrogens (tertiary/aromatic N) is 1. The topological polar surface area (TPSA) is 23.5 Å². The van der Waals surface area contributed by atoms with Crippen molar-refractivity contribution < 1.29 is 9.50 Å². The van der Waals surface area contributed by atoms with Gasteiger partial charge in [0.2, 0.25) is 0 Å². The predicted molar refractivity (Wildman–Crippen MR) is 73.1 cm³/mol. The standard InChI is InChI=1S/C15H24FNO/c1-5-15(6-2,17(3)4)14(18)11-12-7-9-13(16)10-8-12/h7-10,14,18H,5-6,11H2,1-4H3. The maximum atomic E-state index is 12.8. The van der Waals surface area contributed by atoms with Crippen LogP contribution in [0, 0.1) is 5.82 Å². The molecular formula is C15H24FNO. The lowest BCUT2D eigenvalue weighted by atomic mass is 9.82. The molecule has 1 N–H and O–H groups in total. The fourth-order valence-electron chi connectivity index (χ4n) is 2.69. The maximum absolute atomic E-state index is 12.8. The summed E-state index contributed by atoms with van der Waals surface area (Å²) in [6.07, 6.45) is 1.88. The summed E-state index contributed by atoms with van der Waals surface area (Å²) in [7, 11) is 4.00. The first kappa shape index (κ1) is 15.1. The summed E-state index contributed by atoms with van der Waals surface area (Å²) in [4.78, 5) is 2.10. The molecule has 0 saturated heterocycles. The van der Waals surface area contributed by atoms with Gasteiger partial charge in [-0.05, 0) is 44.6 Å². The third-order valence-electron chi connectivity index (χ3n) is 4.08. The van der Waals surface area contributed by atoms with E-state index in [-0.39, 0.29) is 11.4 Å². The summed E-state index contributed by atoms with van der Waals surface area (Å²) in [6, 6.07) is 6.36. The van der Waals surface area contributed by atoms with E-state index in [1.165, 1.54) is 12.1 Å². The molecule has 1 atom stereocenters. The van der Waals surface area contributed by atoms with Crippen molar-refractivity contribution in [3.05, 3.63) is 35.6 Å². The normalized spacial score (nSPS) is 13.9. The van der Waals surface area contributed by atoms with Gasteiger partial charge in [0.25, 0.3) is 0 Å². The number of rotatable bonds is 6. The van der Waals surface area contributed by atoms with Gasteiger partial charge in [-0.15, -0.1) is 0 Å². The molecule has 1 rings (SSSR count). The second-order valence-corrected chi connectivity index (χ2v) is 5.05. The molecule has 1 unspecified atom stereocenters. The second-order valence-electron chi connectivity index (χ2n) is 5.05. The summed E-state index contributed by atoms with van der Waals surface area (Å²) in [5, 5.41) is 10.5. The van der Waals surface area contributed by atoms with Gasteiger partial charge in [0, 0.05) is 12.0 Å². The van der Waals surface area contributed by atoms with Crippen LogP contribution in [0.15, 0.2) is 24.3 Å². The van der Waals surface area contributed by atoms with E-state index in [1.807, 2.05) is 14.1 Å². The molecule has 0 aliphatic rings. The molecule has 0 aromatic heterocycles. The Bertz CT molecular complexity index is 357. The smallest absolute Gasteiger partial charge is 0.123 e. The van der Waals surface area contributed by atoms with E-state index in [0.717, 1.165) is 18.4 Å². The van der Waals surface area contributed by atoms with Gasteiger partial charge in [-0.3, -0.25) is 0 Å². The molecule has 2 nitrogen and oxygen atoms in total. The van der Waals surface area contributed by atoms with Crippen LogP contribution in [0.25, 0.3) is 0 Å². The zero-order valence-corrected chi connectivity index (χ0v) is 11.8. The minimum Gasteiger partial charge on any atom is -0.391 e. The average Bonchev–Trinajstić information content (AvgIpc) is 2.34. The Morgan fingerprint density at radius 2 is 1.67 bits per heavy atom. The third-order valence-corrected chi connectivity index (χ3v) is 4.08. The van der Waals surface area contributed by atoms with E-state index in [9.17, 15) is 9.50 Å². The molecule has 1 aromatic carbocycles. The number of likely N-dealkylation sites (N-methyl/N-ethyl adjacent to an activating group) is 1. The predicted octanol–water partition coefficient (Wildman–Crippen LogP) is 2.85. The van der Waals surface area contributed by atoms with Gasteiger partial charge in [0.1, 0.15) is 5.82 Å². The molecule has 0 radical (unpaired) electrons. The van der Waals surface area contributed by atoms with Crippen molar-refractivity contribution in [3.8, 4) is 0 Å². The fraction of sp³-hybridized carbons (Fsp3) is 0.600. The number of aliphatic hydroxyl groups is 1. The van der Waals surface area contributed by atoms with Crippen LogP contribution in [0.4, 0.5) is 4.39 Å². The van der Waals surface area contributed by atoms with Crippen LogP contribution in [0.5, 0.6) is 0 Å². The van der Waals surface area contributed by atoms with Crippen LogP contribution in [-0.4, -0.2) is 35.7 Å². The van der Waals surface area contributed by atoms with Crippen LogP contribution in [0.3, 0.4) is 0 Å². The number of aliphatic hydroxyl groups excluding tert-OH is 1. The van der Waals surface area contributed by atoms with Gasteiger partial charge in [0.15, 0.2) is 0 Å². The molecule has 3 heteroatoms. The molecule has 0 amide bonds. The summed E-state index contributed by atoms with van der Waals surface area (Å²) in [5.74, 6) is -0.238. The maximum Gasteiger partial charge on any atom is 0.123 e. The van der Waals surface area contributed by atoms with Crippen LogP contribution in [0.2, 0.25) is 0 Å². The zero-order valence-electron chi connectivity index (χ0n) is 11.8.